The minimum atomic E-state index is -3.55. The van der Waals surface area contributed by atoms with Crippen LogP contribution in [0.1, 0.15) is 11.3 Å². The lowest BCUT2D eigenvalue weighted by molar-refractivity contribution is -0.118. The third-order valence-corrected chi connectivity index (χ3v) is 4.82. The average Bonchev–Trinajstić information content (AvgIpc) is 2.48. The number of Topliss-reactive ketones (excluding diaryl/α,β-unsaturated/α-hetero) is 1. The van der Waals surface area contributed by atoms with Gasteiger partial charge in [-0.3, -0.25) is 14.3 Å². The van der Waals surface area contributed by atoms with Gasteiger partial charge in [0.2, 0.25) is 0 Å². The van der Waals surface area contributed by atoms with Crippen LogP contribution >= 0.6 is 7.60 Å². The second-order valence-corrected chi connectivity index (χ2v) is 6.88. The Balaban J connectivity index is 2.87. The average molecular weight is 330 g/mol. The molecular formula is C13H19N2O6P. The van der Waals surface area contributed by atoms with Gasteiger partial charge >= 0.3 is 13.7 Å². The molecule has 1 unspecified atom stereocenters. The molecule has 1 atom stereocenters. The van der Waals surface area contributed by atoms with E-state index in [2.05, 4.69) is 10.3 Å². The van der Waals surface area contributed by atoms with Crippen molar-refractivity contribution in [2.24, 2.45) is 0 Å². The molecule has 1 amide bonds. The molecule has 0 saturated heterocycles. The van der Waals surface area contributed by atoms with E-state index in [0.717, 1.165) is 5.69 Å². The number of ketones is 1. The minimum Gasteiger partial charge on any atom is -0.465 e. The van der Waals surface area contributed by atoms with Crippen molar-refractivity contribution in [1.82, 2.24) is 10.3 Å². The zero-order valence-corrected chi connectivity index (χ0v) is 13.5. The normalized spacial score (nSPS) is 12.7. The maximum Gasteiger partial charge on any atom is 0.405 e. The van der Waals surface area contributed by atoms with E-state index >= 15 is 0 Å². The summed E-state index contributed by atoms with van der Waals surface area (Å²) in [6.07, 6.45) is -0.190. The molecule has 122 valence electrons. The summed E-state index contributed by atoms with van der Waals surface area (Å²) in [4.78, 5) is 27.1. The van der Waals surface area contributed by atoms with Crippen molar-refractivity contribution >= 4 is 19.5 Å². The molecule has 0 aliphatic heterocycles. The zero-order chi connectivity index (χ0) is 16.8. The number of hydrogen-bond donors (Lipinski definition) is 2. The van der Waals surface area contributed by atoms with Crippen molar-refractivity contribution in [1.29, 1.82) is 0 Å². The number of aryl methyl sites for hydroxylation is 1. The molecule has 1 aromatic heterocycles. The first-order valence-corrected chi connectivity index (χ1v) is 8.16. The molecule has 0 bridgehead atoms. The third-order valence-electron chi connectivity index (χ3n) is 3.00. The second-order valence-electron chi connectivity index (χ2n) is 4.61. The van der Waals surface area contributed by atoms with Gasteiger partial charge in [0.1, 0.15) is 6.16 Å². The standard InChI is InChI=1S/C13H19N2O6P/c1-9-4-5-10(7-14-9)6-11(15-13(17)18)12(16)8-22(19,20-2)21-3/h4-5,7,11,15H,6,8H2,1-3H3,(H,17,18). The predicted octanol–water partition coefficient (Wildman–Crippen LogP) is 1.62. The molecule has 0 saturated carbocycles. The molecule has 9 heteroatoms. The summed E-state index contributed by atoms with van der Waals surface area (Å²) in [6, 6.07) is 2.45. The fraction of sp³-hybridized carbons (Fsp3) is 0.462. The Bertz CT molecular complexity index is 566. The Labute approximate surface area is 128 Å². The first kappa shape index (κ1) is 18.3. The number of pyridine rings is 1. The molecule has 0 spiro atoms. The molecule has 2 N–H and O–H groups in total. The van der Waals surface area contributed by atoms with Crippen LogP contribution in [0.3, 0.4) is 0 Å². The summed E-state index contributed by atoms with van der Waals surface area (Å²) < 4.78 is 21.4. The molecule has 0 radical (unpaired) electrons. The van der Waals surface area contributed by atoms with Crippen LogP contribution < -0.4 is 5.32 Å². The van der Waals surface area contributed by atoms with Gasteiger partial charge in [-0.25, -0.2) is 4.79 Å². The molecule has 8 nitrogen and oxygen atoms in total. The maximum atomic E-state index is 12.2. The van der Waals surface area contributed by atoms with E-state index in [-0.39, 0.29) is 6.42 Å². The molecule has 0 fully saturated rings. The summed E-state index contributed by atoms with van der Waals surface area (Å²) in [5.74, 6) is -0.574. The highest BCUT2D eigenvalue weighted by Gasteiger charge is 2.31. The molecule has 22 heavy (non-hydrogen) atoms. The number of hydrogen-bond acceptors (Lipinski definition) is 6. The third kappa shape index (κ3) is 5.55. The largest absolute Gasteiger partial charge is 0.465 e. The van der Waals surface area contributed by atoms with E-state index in [4.69, 9.17) is 14.2 Å². The van der Waals surface area contributed by atoms with Gasteiger partial charge in [0.15, 0.2) is 5.78 Å². The number of carbonyl (C=O) groups is 2. The van der Waals surface area contributed by atoms with Crippen molar-refractivity contribution in [3.63, 3.8) is 0 Å². The van der Waals surface area contributed by atoms with Gasteiger partial charge in [-0.1, -0.05) is 6.07 Å². The van der Waals surface area contributed by atoms with Crippen LogP contribution in [0.4, 0.5) is 4.79 Å². The summed E-state index contributed by atoms with van der Waals surface area (Å²) in [7, 11) is -1.21. The van der Waals surface area contributed by atoms with Gasteiger partial charge in [-0.05, 0) is 18.6 Å². The van der Waals surface area contributed by atoms with Crippen molar-refractivity contribution < 1.29 is 28.3 Å². The van der Waals surface area contributed by atoms with Crippen molar-refractivity contribution in [3.8, 4) is 0 Å². The molecular weight excluding hydrogens is 311 g/mol. The number of aromatic nitrogens is 1. The van der Waals surface area contributed by atoms with E-state index in [9.17, 15) is 14.2 Å². The van der Waals surface area contributed by atoms with Crippen molar-refractivity contribution in [2.45, 2.75) is 19.4 Å². The lowest BCUT2D eigenvalue weighted by atomic mass is 10.0. The van der Waals surface area contributed by atoms with Gasteiger partial charge in [0.25, 0.3) is 0 Å². The number of amides is 1. The highest BCUT2D eigenvalue weighted by Crippen LogP contribution is 2.46. The summed E-state index contributed by atoms with van der Waals surface area (Å²) in [6.45, 7) is 1.81. The lowest BCUT2D eigenvalue weighted by Gasteiger charge is -2.19. The van der Waals surface area contributed by atoms with E-state index in [1.54, 1.807) is 18.3 Å². The summed E-state index contributed by atoms with van der Waals surface area (Å²) in [5.41, 5.74) is 1.49. The number of nitrogens with one attached hydrogen (secondary N) is 1. The van der Waals surface area contributed by atoms with Crippen molar-refractivity contribution in [3.05, 3.63) is 29.6 Å². The van der Waals surface area contributed by atoms with Gasteiger partial charge in [0, 0.05) is 32.5 Å². The molecule has 0 aromatic carbocycles. The Morgan fingerprint density at radius 2 is 2.00 bits per heavy atom. The minimum absolute atomic E-state index is 0.103. The van der Waals surface area contributed by atoms with Crippen LogP contribution in [0.5, 0.6) is 0 Å². The monoisotopic (exact) mass is 330 g/mol. The highest BCUT2D eigenvalue weighted by atomic mass is 31.2. The van der Waals surface area contributed by atoms with Gasteiger partial charge in [-0.15, -0.1) is 0 Å². The van der Waals surface area contributed by atoms with Crippen LogP contribution in [-0.4, -0.2) is 48.4 Å². The summed E-state index contributed by atoms with van der Waals surface area (Å²) >= 11 is 0. The Kier molecular flexibility index (Phi) is 6.67. The Hall–Kier alpha value is -1.76. The van der Waals surface area contributed by atoms with Gasteiger partial charge < -0.3 is 19.5 Å². The number of carboxylic acid groups (broad SMARTS) is 1. The molecule has 1 aromatic rings. The Morgan fingerprint density at radius 3 is 2.45 bits per heavy atom. The number of nitrogens with zero attached hydrogens (tertiary/aromatic N) is 1. The topological polar surface area (TPSA) is 115 Å². The van der Waals surface area contributed by atoms with E-state index in [1.807, 2.05) is 6.92 Å². The molecule has 0 aliphatic rings. The van der Waals surface area contributed by atoms with Crippen LogP contribution in [0.15, 0.2) is 18.3 Å². The first-order valence-electron chi connectivity index (χ1n) is 6.44. The van der Waals surface area contributed by atoms with Crippen LogP contribution in [0, 0.1) is 6.92 Å². The Morgan fingerprint density at radius 1 is 1.36 bits per heavy atom. The molecule has 1 heterocycles. The SMILES string of the molecule is COP(=O)(CC(=O)C(Cc1ccc(C)nc1)NC(=O)O)OC. The fourth-order valence-corrected chi connectivity index (χ4v) is 2.76. The lowest BCUT2D eigenvalue weighted by Crippen LogP contribution is -2.43. The number of rotatable bonds is 8. The van der Waals surface area contributed by atoms with Crippen LogP contribution in [0.25, 0.3) is 0 Å². The molecule has 0 aliphatic carbocycles. The highest BCUT2D eigenvalue weighted by molar-refractivity contribution is 7.54. The second kappa shape index (κ2) is 8.03. The van der Waals surface area contributed by atoms with Crippen LogP contribution in [0.2, 0.25) is 0 Å². The first-order chi connectivity index (χ1) is 10.3. The fourth-order valence-electron chi connectivity index (χ4n) is 1.75. The van der Waals surface area contributed by atoms with E-state index < -0.39 is 31.7 Å². The van der Waals surface area contributed by atoms with Gasteiger partial charge in [-0.2, -0.15) is 0 Å². The van der Waals surface area contributed by atoms with E-state index in [0.29, 0.717) is 5.56 Å². The van der Waals surface area contributed by atoms with Gasteiger partial charge in [0.05, 0.1) is 6.04 Å². The van der Waals surface area contributed by atoms with Crippen LogP contribution in [-0.2, 0) is 24.8 Å². The predicted molar refractivity (Wildman–Crippen MR) is 79.1 cm³/mol. The number of carbonyl (C=O) groups excluding carboxylic acids is 1. The summed E-state index contributed by atoms with van der Waals surface area (Å²) in [5, 5.41) is 11.0. The zero-order valence-electron chi connectivity index (χ0n) is 12.6. The maximum absolute atomic E-state index is 12.2. The molecule has 1 rings (SSSR count). The van der Waals surface area contributed by atoms with E-state index in [1.165, 1.54) is 14.2 Å². The smallest absolute Gasteiger partial charge is 0.405 e. The quantitative estimate of drug-likeness (QED) is 0.696. The van der Waals surface area contributed by atoms with Crippen molar-refractivity contribution in [2.75, 3.05) is 20.4 Å².